The number of hydrogen-bond donors (Lipinski definition) is 0. The largest absolute Gasteiger partial charge is 0.364 e. The minimum absolute atomic E-state index is 0.267. The highest BCUT2D eigenvalue weighted by molar-refractivity contribution is 5.45. The minimum Gasteiger partial charge on any atom is -0.364 e. The number of rotatable bonds is 15. The van der Waals surface area contributed by atoms with Crippen LogP contribution in [-0.4, -0.2) is 90.7 Å². The van der Waals surface area contributed by atoms with Crippen molar-refractivity contribution in [1.82, 2.24) is 15.0 Å². The lowest BCUT2D eigenvalue weighted by Crippen LogP contribution is -2.35. The second-order valence-electron chi connectivity index (χ2n) is 5.67. The highest BCUT2D eigenvalue weighted by atomic mass is 16.5. The average molecular weight is 388 g/mol. The van der Waals surface area contributed by atoms with Crippen molar-refractivity contribution < 1.29 is 23.7 Å². The molecule has 1 aromatic heterocycles. The van der Waals surface area contributed by atoms with Crippen LogP contribution in [0.4, 0.5) is 17.8 Å². The Morgan fingerprint density at radius 1 is 0.556 bits per heavy atom. The molecule has 1 heterocycles. The first-order chi connectivity index (χ1) is 13.1. The first-order valence-corrected chi connectivity index (χ1v) is 8.60. The molecule has 0 unspecified atom stereocenters. The van der Waals surface area contributed by atoms with E-state index in [-0.39, 0.29) is 26.9 Å². The van der Waals surface area contributed by atoms with Gasteiger partial charge in [0, 0.05) is 42.1 Å². The van der Waals surface area contributed by atoms with Crippen LogP contribution in [-0.2, 0) is 23.7 Å². The molecule has 0 aromatic carbocycles. The Balaban J connectivity index is 3.38. The third kappa shape index (κ3) is 7.39. The fraction of sp³-hybridized carbons (Fsp3) is 0.812. The predicted octanol–water partition coefficient (Wildman–Crippen LogP) is 0.720. The zero-order valence-corrected chi connectivity index (χ0v) is 17.2. The van der Waals surface area contributed by atoms with Crippen LogP contribution in [0.5, 0.6) is 0 Å². The number of nitrogens with zero attached hydrogens (tertiary/aromatic N) is 6. The molecule has 0 saturated carbocycles. The van der Waals surface area contributed by atoms with Crippen molar-refractivity contribution in [2.24, 2.45) is 0 Å². The van der Waals surface area contributed by atoms with Crippen molar-refractivity contribution in [2.45, 2.75) is 13.3 Å². The number of ether oxygens (including phenoxy) is 5. The summed E-state index contributed by atoms with van der Waals surface area (Å²) < 4.78 is 26.3. The monoisotopic (exact) mass is 388 g/mol. The number of anilines is 3. The lowest BCUT2D eigenvalue weighted by atomic mass is 10.4. The van der Waals surface area contributed by atoms with Gasteiger partial charge in [0.15, 0.2) is 0 Å². The molecule has 0 aliphatic rings. The molecule has 0 saturated heterocycles. The standard InChI is InChI=1S/C16H32N6O5/c1-7-8-20(9-23-2)14-17-15(21(10-24-3)11-25-4)19-16(18-14)22(12-26-5)13-27-6/h7-13H2,1-6H3. The van der Waals surface area contributed by atoms with Crippen molar-refractivity contribution in [2.75, 3.05) is 90.4 Å². The van der Waals surface area contributed by atoms with E-state index in [1.165, 1.54) is 0 Å². The number of methoxy groups -OCH3 is 5. The van der Waals surface area contributed by atoms with Crippen molar-refractivity contribution in [3.8, 4) is 0 Å². The molecule has 0 amide bonds. The number of hydrogen-bond acceptors (Lipinski definition) is 11. The average Bonchev–Trinajstić information content (AvgIpc) is 2.67. The highest BCUT2D eigenvalue weighted by Gasteiger charge is 2.20. The topological polar surface area (TPSA) is 94.5 Å². The van der Waals surface area contributed by atoms with E-state index in [9.17, 15) is 0 Å². The zero-order chi connectivity index (χ0) is 20.1. The van der Waals surface area contributed by atoms with Gasteiger partial charge in [0.05, 0.1) is 0 Å². The van der Waals surface area contributed by atoms with E-state index >= 15 is 0 Å². The molecule has 156 valence electrons. The van der Waals surface area contributed by atoms with Gasteiger partial charge >= 0.3 is 0 Å². The molecule has 1 aromatic rings. The van der Waals surface area contributed by atoms with Crippen molar-refractivity contribution >= 4 is 17.8 Å². The summed E-state index contributed by atoms with van der Waals surface area (Å²) in [5, 5.41) is 0. The van der Waals surface area contributed by atoms with Crippen LogP contribution in [0.3, 0.4) is 0 Å². The van der Waals surface area contributed by atoms with Crippen LogP contribution >= 0.6 is 0 Å². The van der Waals surface area contributed by atoms with E-state index in [0.29, 0.717) is 24.6 Å². The molecule has 0 spiro atoms. The molecule has 1 rings (SSSR count). The van der Waals surface area contributed by atoms with E-state index in [1.54, 1.807) is 45.3 Å². The quantitative estimate of drug-likeness (QED) is 0.398. The fourth-order valence-corrected chi connectivity index (χ4v) is 2.34. The molecule has 0 radical (unpaired) electrons. The maximum Gasteiger partial charge on any atom is 0.235 e. The summed E-state index contributed by atoms with van der Waals surface area (Å²) in [5.41, 5.74) is 0. The van der Waals surface area contributed by atoms with Crippen LogP contribution in [0.2, 0.25) is 0 Å². The molecule has 11 heteroatoms. The smallest absolute Gasteiger partial charge is 0.235 e. The van der Waals surface area contributed by atoms with E-state index in [4.69, 9.17) is 23.7 Å². The maximum atomic E-state index is 5.30. The first-order valence-electron chi connectivity index (χ1n) is 8.60. The summed E-state index contributed by atoms with van der Waals surface area (Å²) in [6, 6.07) is 0. The molecule has 0 aliphatic heterocycles. The zero-order valence-electron chi connectivity index (χ0n) is 17.2. The maximum absolute atomic E-state index is 5.30. The second kappa shape index (κ2) is 13.4. The molecular weight excluding hydrogens is 356 g/mol. The summed E-state index contributed by atoms with van der Waals surface area (Å²) >= 11 is 0. The van der Waals surface area contributed by atoms with E-state index in [1.807, 2.05) is 4.90 Å². The molecule has 0 N–H and O–H groups in total. The third-order valence-electron chi connectivity index (χ3n) is 3.37. The van der Waals surface area contributed by atoms with Gasteiger partial charge in [-0.2, -0.15) is 15.0 Å². The van der Waals surface area contributed by atoms with Gasteiger partial charge in [0.1, 0.15) is 33.7 Å². The Morgan fingerprint density at radius 2 is 0.852 bits per heavy atom. The van der Waals surface area contributed by atoms with Crippen LogP contribution in [0.15, 0.2) is 0 Å². The summed E-state index contributed by atoms with van der Waals surface area (Å²) in [7, 11) is 8.03. The Morgan fingerprint density at radius 3 is 1.15 bits per heavy atom. The van der Waals surface area contributed by atoms with Gasteiger partial charge in [-0.05, 0) is 6.42 Å². The van der Waals surface area contributed by atoms with Gasteiger partial charge in [-0.25, -0.2) is 0 Å². The van der Waals surface area contributed by atoms with Crippen LogP contribution in [0.1, 0.15) is 13.3 Å². The van der Waals surface area contributed by atoms with Crippen LogP contribution in [0, 0.1) is 0 Å². The van der Waals surface area contributed by atoms with Gasteiger partial charge in [0.2, 0.25) is 17.8 Å². The highest BCUT2D eigenvalue weighted by Crippen LogP contribution is 2.20. The molecule has 0 aliphatic carbocycles. The summed E-state index contributed by atoms with van der Waals surface area (Å²) in [6.45, 7) is 4.25. The van der Waals surface area contributed by atoms with Gasteiger partial charge in [-0.3, -0.25) is 9.80 Å². The molecule has 0 atom stereocenters. The lowest BCUT2D eigenvalue weighted by molar-refractivity contribution is 0.136. The van der Waals surface area contributed by atoms with Gasteiger partial charge in [0.25, 0.3) is 0 Å². The SMILES string of the molecule is CCCN(COC)c1nc(N(COC)COC)nc(N(COC)COC)n1. The van der Waals surface area contributed by atoms with E-state index in [0.717, 1.165) is 13.0 Å². The molecule has 0 fully saturated rings. The summed E-state index contributed by atoms with van der Waals surface area (Å²) in [5.74, 6) is 1.34. The van der Waals surface area contributed by atoms with Crippen LogP contribution < -0.4 is 14.7 Å². The van der Waals surface area contributed by atoms with Crippen LogP contribution in [0.25, 0.3) is 0 Å². The van der Waals surface area contributed by atoms with Gasteiger partial charge in [-0.15, -0.1) is 0 Å². The number of aromatic nitrogens is 3. The fourth-order valence-electron chi connectivity index (χ4n) is 2.34. The first kappa shape index (κ1) is 23.2. The molecule has 11 nitrogen and oxygen atoms in total. The predicted molar refractivity (Wildman–Crippen MR) is 102 cm³/mol. The van der Waals surface area contributed by atoms with E-state index in [2.05, 4.69) is 21.9 Å². The molecule has 0 bridgehead atoms. The Hall–Kier alpha value is -1.79. The van der Waals surface area contributed by atoms with E-state index < -0.39 is 0 Å². The molecule has 27 heavy (non-hydrogen) atoms. The summed E-state index contributed by atoms with van der Waals surface area (Å²) in [6.07, 6.45) is 0.916. The van der Waals surface area contributed by atoms with Crippen molar-refractivity contribution in [1.29, 1.82) is 0 Å². The third-order valence-corrected chi connectivity index (χ3v) is 3.37. The van der Waals surface area contributed by atoms with Gasteiger partial charge in [-0.1, -0.05) is 6.92 Å². The Labute approximate surface area is 161 Å². The Kier molecular flexibility index (Phi) is 11.5. The van der Waals surface area contributed by atoms with Gasteiger partial charge < -0.3 is 28.6 Å². The Bertz CT molecular complexity index is 422. The minimum atomic E-state index is 0.267. The molecular formula is C16H32N6O5. The second-order valence-corrected chi connectivity index (χ2v) is 5.67. The van der Waals surface area contributed by atoms with Crippen molar-refractivity contribution in [3.05, 3.63) is 0 Å². The van der Waals surface area contributed by atoms with Crippen molar-refractivity contribution in [3.63, 3.8) is 0 Å². The normalized spacial score (nSPS) is 10.9. The lowest BCUT2D eigenvalue weighted by Gasteiger charge is -2.27. The summed E-state index contributed by atoms with van der Waals surface area (Å²) in [4.78, 5) is 19.2.